The zero-order valence-corrected chi connectivity index (χ0v) is 12.5. The molecule has 0 radical (unpaired) electrons. The fourth-order valence-corrected chi connectivity index (χ4v) is 2.77. The van der Waals surface area contributed by atoms with Gasteiger partial charge in [-0.05, 0) is 48.4 Å². The fourth-order valence-electron chi connectivity index (χ4n) is 2.77. The van der Waals surface area contributed by atoms with Gasteiger partial charge in [0.2, 0.25) is 0 Å². The van der Waals surface area contributed by atoms with E-state index in [1.54, 1.807) is 0 Å². The summed E-state index contributed by atoms with van der Waals surface area (Å²) in [6.07, 6.45) is 10.4. The third-order valence-electron chi connectivity index (χ3n) is 3.97. The topological polar surface area (TPSA) is 25.8 Å². The van der Waals surface area contributed by atoms with Crippen molar-refractivity contribution in [2.45, 2.75) is 39.5 Å². The van der Waals surface area contributed by atoms with Crippen LogP contribution in [0.25, 0.3) is 0 Å². The molecule has 2 nitrogen and oxygen atoms in total. The van der Waals surface area contributed by atoms with Gasteiger partial charge < -0.3 is 0 Å². The quantitative estimate of drug-likeness (QED) is 0.747. The molecule has 0 saturated carbocycles. The molecule has 20 heavy (non-hydrogen) atoms. The highest BCUT2D eigenvalue weighted by atomic mass is 14.7. The van der Waals surface area contributed by atoms with E-state index < -0.39 is 0 Å². The van der Waals surface area contributed by atoms with Crippen LogP contribution in [0.1, 0.15) is 37.9 Å². The Bertz CT molecular complexity index is 440. The SMILES string of the molecule is CCCC(C)C(Cc1cccnc1)Cc1ccccn1. The molecule has 0 aliphatic heterocycles. The van der Waals surface area contributed by atoms with Crippen molar-refractivity contribution in [2.75, 3.05) is 0 Å². The minimum Gasteiger partial charge on any atom is -0.264 e. The molecule has 2 heteroatoms. The molecule has 0 saturated heterocycles. The van der Waals surface area contributed by atoms with Crippen LogP contribution in [0.15, 0.2) is 48.9 Å². The van der Waals surface area contributed by atoms with Crippen LogP contribution >= 0.6 is 0 Å². The van der Waals surface area contributed by atoms with Crippen LogP contribution < -0.4 is 0 Å². The van der Waals surface area contributed by atoms with Gasteiger partial charge in [-0.25, -0.2) is 0 Å². The molecule has 2 aromatic heterocycles. The molecular weight excluding hydrogens is 244 g/mol. The molecule has 0 aromatic carbocycles. The van der Waals surface area contributed by atoms with E-state index in [1.807, 2.05) is 30.7 Å². The summed E-state index contributed by atoms with van der Waals surface area (Å²) in [4.78, 5) is 8.72. The summed E-state index contributed by atoms with van der Waals surface area (Å²) in [7, 11) is 0. The predicted octanol–water partition coefficient (Wildman–Crippen LogP) is 4.31. The normalized spacial score (nSPS) is 13.9. The molecule has 106 valence electrons. The lowest BCUT2D eigenvalue weighted by Gasteiger charge is -2.23. The minimum absolute atomic E-state index is 0.633. The number of pyridine rings is 2. The van der Waals surface area contributed by atoms with Gasteiger partial charge in [0.15, 0.2) is 0 Å². The van der Waals surface area contributed by atoms with Crippen molar-refractivity contribution in [1.82, 2.24) is 9.97 Å². The third kappa shape index (κ3) is 4.44. The van der Waals surface area contributed by atoms with Crippen molar-refractivity contribution >= 4 is 0 Å². The first-order valence-corrected chi connectivity index (χ1v) is 7.58. The van der Waals surface area contributed by atoms with Crippen molar-refractivity contribution in [1.29, 1.82) is 0 Å². The molecule has 2 rings (SSSR count). The summed E-state index contributed by atoms with van der Waals surface area (Å²) in [5.74, 6) is 1.34. The highest BCUT2D eigenvalue weighted by Crippen LogP contribution is 2.24. The highest BCUT2D eigenvalue weighted by molar-refractivity contribution is 5.11. The van der Waals surface area contributed by atoms with Crippen molar-refractivity contribution in [3.8, 4) is 0 Å². The first kappa shape index (κ1) is 14.7. The smallest absolute Gasteiger partial charge is 0.0406 e. The predicted molar refractivity (Wildman–Crippen MR) is 83.4 cm³/mol. The summed E-state index contributed by atoms with van der Waals surface area (Å²) in [6, 6.07) is 10.4. The standard InChI is InChI=1S/C18H24N2/c1-3-7-15(2)17(12-16-8-6-10-19-14-16)13-18-9-4-5-11-20-18/h4-6,8-11,14-15,17H,3,7,12-13H2,1-2H3. The lowest BCUT2D eigenvalue weighted by molar-refractivity contribution is 0.328. The van der Waals surface area contributed by atoms with Gasteiger partial charge >= 0.3 is 0 Å². The number of hydrogen-bond donors (Lipinski definition) is 0. The number of aromatic nitrogens is 2. The Labute approximate surface area is 122 Å². The summed E-state index contributed by atoms with van der Waals surface area (Å²) in [5, 5.41) is 0. The zero-order valence-electron chi connectivity index (χ0n) is 12.5. The molecule has 2 aromatic rings. The van der Waals surface area contributed by atoms with E-state index in [0.29, 0.717) is 11.8 Å². The summed E-state index contributed by atoms with van der Waals surface area (Å²) in [6.45, 7) is 4.63. The van der Waals surface area contributed by atoms with Gasteiger partial charge in [-0.2, -0.15) is 0 Å². The Morgan fingerprint density at radius 3 is 2.60 bits per heavy atom. The van der Waals surface area contributed by atoms with E-state index in [1.165, 1.54) is 24.1 Å². The van der Waals surface area contributed by atoms with Gasteiger partial charge in [0.1, 0.15) is 0 Å². The van der Waals surface area contributed by atoms with Crippen molar-refractivity contribution in [3.63, 3.8) is 0 Å². The van der Waals surface area contributed by atoms with E-state index >= 15 is 0 Å². The van der Waals surface area contributed by atoms with E-state index in [4.69, 9.17) is 0 Å². The maximum atomic E-state index is 4.49. The lowest BCUT2D eigenvalue weighted by atomic mass is 9.82. The Balaban J connectivity index is 2.08. The Kier molecular flexibility index (Phi) is 5.72. The average Bonchev–Trinajstić information content (AvgIpc) is 2.49. The van der Waals surface area contributed by atoms with Crippen LogP contribution in [0.4, 0.5) is 0 Å². The number of hydrogen-bond acceptors (Lipinski definition) is 2. The van der Waals surface area contributed by atoms with Crippen LogP contribution in [0.2, 0.25) is 0 Å². The second-order valence-corrected chi connectivity index (χ2v) is 5.62. The summed E-state index contributed by atoms with van der Waals surface area (Å²) >= 11 is 0. The number of nitrogens with zero attached hydrogens (tertiary/aromatic N) is 2. The maximum Gasteiger partial charge on any atom is 0.0406 e. The zero-order chi connectivity index (χ0) is 14.2. The van der Waals surface area contributed by atoms with E-state index in [-0.39, 0.29) is 0 Å². The van der Waals surface area contributed by atoms with Crippen molar-refractivity contribution in [2.24, 2.45) is 11.8 Å². The molecule has 2 heterocycles. The van der Waals surface area contributed by atoms with E-state index in [0.717, 1.165) is 12.8 Å². The second kappa shape index (κ2) is 7.78. The van der Waals surface area contributed by atoms with Crippen LogP contribution in [-0.2, 0) is 12.8 Å². The van der Waals surface area contributed by atoms with Gasteiger partial charge in [-0.1, -0.05) is 38.8 Å². The van der Waals surface area contributed by atoms with Crippen LogP contribution in [-0.4, -0.2) is 9.97 Å². The van der Waals surface area contributed by atoms with Gasteiger partial charge in [0.05, 0.1) is 0 Å². The van der Waals surface area contributed by atoms with Crippen LogP contribution in [0, 0.1) is 11.8 Å². The average molecular weight is 268 g/mol. The highest BCUT2D eigenvalue weighted by Gasteiger charge is 2.18. The Morgan fingerprint density at radius 1 is 1.05 bits per heavy atom. The van der Waals surface area contributed by atoms with Crippen LogP contribution in [0.5, 0.6) is 0 Å². The van der Waals surface area contributed by atoms with Crippen molar-refractivity contribution in [3.05, 3.63) is 60.2 Å². The molecule has 0 bridgehead atoms. The summed E-state index contributed by atoms with van der Waals surface area (Å²) < 4.78 is 0. The molecule has 2 unspecified atom stereocenters. The lowest BCUT2D eigenvalue weighted by Crippen LogP contribution is -2.18. The molecule has 0 aliphatic rings. The third-order valence-corrected chi connectivity index (χ3v) is 3.97. The minimum atomic E-state index is 0.633. The van der Waals surface area contributed by atoms with Gasteiger partial charge in [0, 0.05) is 24.3 Å². The Morgan fingerprint density at radius 2 is 1.95 bits per heavy atom. The molecule has 0 fully saturated rings. The van der Waals surface area contributed by atoms with Crippen LogP contribution in [0.3, 0.4) is 0 Å². The van der Waals surface area contributed by atoms with E-state index in [2.05, 4.69) is 42.0 Å². The Hall–Kier alpha value is -1.70. The first-order chi connectivity index (χ1) is 9.79. The monoisotopic (exact) mass is 268 g/mol. The number of rotatable bonds is 7. The van der Waals surface area contributed by atoms with Crippen molar-refractivity contribution < 1.29 is 0 Å². The maximum absolute atomic E-state index is 4.49. The fraction of sp³-hybridized carbons (Fsp3) is 0.444. The van der Waals surface area contributed by atoms with Gasteiger partial charge in [0.25, 0.3) is 0 Å². The molecule has 0 aliphatic carbocycles. The van der Waals surface area contributed by atoms with Gasteiger partial charge in [-0.3, -0.25) is 9.97 Å². The molecule has 0 spiro atoms. The molecular formula is C18H24N2. The second-order valence-electron chi connectivity index (χ2n) is 5.62. The summed E-state index contributed by atoms with van der Waals surface area (Å²) in [5.41, 5.74) is 2.53. The molecule has 2 atom stereocenters. The first-order valence-electron chi connectivity index (χ1n) is 7.58. The largest absolute Gasteiger partial charge is 0.264 e. The van der Waals surface area contributed by atoms with E-state index in [9.17, 15) is 0 Å². The molecule has 0 amide bonds. The molecule has 0 N–H and O–H groups in total. The van der Waals surface area contributed by atoms with Gasteiger partial charge in [-0.15, -0.1) is 0 Å².